The van der Waals surface area contributed by atoms with E-state index in [2.05, 4.69) is 0 Å². The fourth-order valence-corrected chi connectivity index (χ4v) is 1.46. The number of hydrogen-bond acceptors (Lipinski definition) is 2. The fourth-order valence-electron chi connectivity index (χ4n) is 1.21. The summed E-state index contributed by atoms with van der Waals surface area (Å²) >= 11 is 5.72. The minimum atomic E-state index is -0.414. The van der Waals surface area contributed by atoms with Crippen molar-refractivity contribution < 1.29 is 13.9 Å². The number of benzene rings is 1. The summed E-state index contributed by atoms with van der Waals surface area (Å²) in [5.74, 6) is -0.0368. The Bertz CT molecular complexity index is 450. The summed E-state index contributed by atoms with van der Waals surface area (Å²) in [6, 6.07) is 4.04. The average molecular weight is 201 g/mol. The maximum atomic E-state index is 12.8. The number of halogens is 2. The highest BCUT2D eigenvalue weighted by Crippen LogP contribution is 2.27. The molecule has 0 spiro atoms. The van der Waals surface area contributed by atoms with E-state index in [0.717, 1.165) is 0 Å². The van der Waals surface area contributed by atoms with Crippen LogP contribution in [-0.4, -0.2) is 5.11 Å². The molecule has 0 unspecified atom stereocenters. The van der Waals surface area contributed by atoms with Crippen molar-refractivity contribution in [1.29, 1.82) is 0 Å². The van der Waals surface area contributed by atoms with E-state index in [1.54, 1.807) is 6.07 Å². The summed E-state index contributed by atoms with van der Waals surface area (Å²) < 4.78 is 18.0. The molecule has 1 aromatic heterocycles. The lowest BCUT2D eigenvalue weighted by atomic mass is 10.2. The lowest BCUT2D eigenvalue weighted by Crippen LogP contribution is -1.73. The summed E-state index contributed by atoms with van der Waals surface area (Å²) in [5, 5.41) is 9.55. The lowest BCUT2D eigenvalue weighted by molar-refractivity contribution is 0.251. The second kappa shape index (κ2) is 3.01. The van der Waals surface area contributed by atoms with Gasteiger partial charge in [0.25, 0.3) is 0 Å². The molecule has 0 aliphatic carbocycles. The summed E-state index contributed by atoms with van der Waals surface area (Å²) in [5.41, 5.74) is 0.409. The number of fused-ring (bicyclic) bond motifs is 1. The first-order valence-corrected chi connectivity index (χ1v) is 4.07. The van der Waals surface area contributed by atoms with E-state index < -0.39 is 5.82 Å². The van der Waals surface area contributed by atoms with Crippen molar-refractivity contribution in [2.75, 3.05) is 0 Å². The Morgan fingerprint density at radius 2 is 2.15 bits per heavy atom. The summed E-state index contributed by atoms with van der Waals surface area (Å²) in [7, 11) is 0. The Balaban J connectivity index is 2.75. The maximum Gasteiger partial charge on any atom is 0.153 e. The van der Waals surface area contributed by atoms with Gasteiger partial charge in [-0.3, -0.25) is 0 Å². The lowest BCUT2D eigenvalue weighted by Gasteiger charge is -1.92. The van der Waals surface area contributed by atoms with Gasteiger partial charge in [0.1, 0.15) is 18.2 Å². The zero-order chi connectivity index (χ0) is 9.42. The highest BCUT2D eigenvalue weighted by atomic mass is 35.5. The van der Waals surface area contributed by atoms with Crippen molar-refractivity contribution in [3.05, 3.63) is 34.8 Å². The van der Waals surface area contributed by atoms with E-state index in [4.69, 9.17) is 21.1 Å². The fraction of sp³-hybridized carbons (Fsp3) is 0.111. The smallest absolute Gasteiger partial charge is 0.153 e. The average Bonchev–Trinajstić information content (AvgIpc) is 2.47. The van der Waals surface area contributed by atoms with E-state index >= 15 is 0 Å². The first kappa shape index (κ1) is 8.53. The van der Waals surface area contributed by atoms with Crippen LogP contribution in [0.25, 0.3) is 11.0 Å². The van der Waals surface area contributed by atoms with Gasteiger partial charge < -0.3 is 9.52 Å². The highest BCUT2D eigenvalue weighted by molar-refractivity contribution is 6.34. The van der Waals surface area contributed by atoms with Crippen molar-refractivity contribution in [3.63, 3.8) is 0 Å². The second-order valence-electron chi connectivity index (χ2n) is 2.68. The molecule has 1 heterocycles. The van der Waals surface area contributed by atoms with Gasteiger partial charge in [0.15, 0.2) is 5.58 Å². The van der Waals surface area contributed by atoms with Gasteiger partial charge in [-0.25, -0.2) is 4.39 Å². The predicted molar refractivity (Wildman–Crippen MR) is 47.1 cm³/mol. The van der Waals surface area contributed by atoms with Crippen LogP contribution in [0.3, 0.4) is 0 Å². The number of hydrogen-bond donors (Lipinski definition) is 1. The Labute approximate surface area is 78.5 Å². The van der Waals surface area contributed by atoms with Crippen LogP contribution in [0.1, 0.15) is 5.76 Å². The zero-order valence-corrected chi connectivity index (χ0v) is 7.31. The van der Waals surface area contributed by atoms with E-state index in [1.807, 2.05) is 0 Å². The monoisotopic (exact) mass is 200 g/mol. The van der Waals surface area contributed by atoms with E-state index in [1.165, 1.54) is 12.1 Å². The maximum absolute atomic E-state index is 12.8. The van der Waals surface area contributed by atoms with Gasteiger partial charge >= 0.3 is 0 Å². The second-order valence-corrected chi connectivity index (χ2v) is 3.08. The van der Waals surface area contributed by atoms with Crippen LogP contribution >= 0.6 is 11.6 Å². The van der Waals surface area contributed by atoms with Gasteiger partial charge in [0, 0.05) is 5.39 Å². The molecule has 1 aromatic carbocycles. The Morgan fingerprint density at radius 3 is 2.85 bits per heavy atom. The molecule has 13 heavy (non-hydrogen) atoms. The largest absolute Gasteiger partial charge is 0.457 e. The molecular formula is C9H6ClFO2. The van der Waals surface area contributed by atoms with Crippen LogP contribution < -0.4 is 0 Å². The molecule has 0 aliphatic heterocycles. The Morgan fingerprint density at radius 1 is 1.38 bits per heavy atom. The highest BCUT2D eigenvalue weighted by Gasteiger charge is 2.08. The minimum absolute atomic E-state index is 0.216. The van der Waals surface area contributed by atoms with Crippen molar-refractivity contribution in [2.24, 2.45) is 0 Å². The predicted octanol–water partition coefficient (Wildman–Crippen LogP) is 2.72. The van der Waals surface area contributed by atoms with Crippen LogP contribution in [0.4, 0.5) is 4.39 Å². The molecule has 0 radical (unpaired) electrons. The molecule has 0 atom stereocenters. The summed E-state index contributed by atoms with van der Waals surface area (Å²) in [6.45, 7) is -0.216. The number of rotatable bonds is 1. The molecule has 4 heteroatoms. The van der Waals surface area contributed by atoms with Crippen molar-refractivity contribution in [3.8, 4) is 0 Å². The first-order chi connectivity index (χ1) is 6.20. The normalized spacial score (nSPS) is 11.0. The quantitative estimate of drug-likeness (QED) is 0.768. The van der Waals surface area contributed by atoms with Crippen molar-refractivity contribution in [2.45, 2.75) is 6.61 Å². The van der Waals surface area contributed by atoms with Gasteiger partial charge in [0.2, 0.25) is 0 Å². The topological polar surface area (TPSA) is 33.4 Å². The number of aliphatic hydroxyl groups is 1. The molecule has 2 aromatic rings. The number of aliphatic hydroxyl groups excluding tert-OH is 1. The van der Waals surface area contributed by atoms with Gasteiger partial charge in [-0.2, -0.15) is 0 Å². The molecule has 0 aliphatic rings. The van der Waals surface area contributed by atoms with E-state index in [9.17, 15) is 4.39 Å². The summed E-state index contributed by atoms with van der Waals surface area (Å²) in [4.78, 5) is 0. The van der Waals surface area contributed by atoms with Crippen molar-refractivity contribution in [1.82, 2.24) is 0 Å². The van der Waals surface area contributed by atoms with E-state index in [-0.39, 0.29) is 11.6 Å². The van der Waals surface area contributed by atoms with Crippen LogP contribution in [-0.2, 0) is 6.61 Å². The number of furan rings is 1. The molecule has 2 nitrogen and oxygen atoms in total. The molecule has 2 rings (SSSR count). The van der Waals surface area contributed by atoms with Gasteiger partial charge in [-0.15, -0.1) is 0 Å². The molecule has 68 valence electrons. The Kier molecular flexibility index (Phi) is 1.98. The van der Waals surface area contributed by atoms with Crippen LogP contribution in [0.5, 0.6) is 0 Å². The van der Waals surface area contributed by atoms with Crippen LogP contribution in [0.2, 0.25) is 5.02 Å². The molecule has 0 amide bonds. The Hall–Kier alpha value is -1.06. The molecule has 1 N–H and O–H groups in total. The SMILES string of the molecule is OCc1cc2cc(F)cc(Cl)c2o1. The molecule has 0 bridgehead atoms. The third-order valence-corrected chi connectivity index (χ3v) is 2.02. The van der Waals surface area contributed by atoms with Crippen molar-refractivity contribution >= 4 is 22.6 Å². The van der Waals surface area contributed by atoms with Crippen LogP contribution in [0.15, 0.2) is 22.6 Å². The summed E-state index contributed by atoms with van der Waals surface area (Å²) in [6.07, 6.45) is 0. The minimum Gasteiger partial charge on any atom is -0.457 e. The third kappa shape index (κ3) is 1.41. The molecular weight excluding hydrogens is 195 g/mol. The van der Waals surface area contributed by atoms with Gasteiger partial charge in [-0.1, -0.05) is 11.6 Å². The standard InChI is InChI=1S/C9H6ClFO2/c10-8-3-6(11)1-5-2-7(4-12)13-9(5)8/h1-3,12H,4H2. The molecule has 0 saturated carbocycles. The van der Waals surface area contributed by atoms with Gasteiger partial charge in [-0.05, 0) is 18.2 Å². The van der Waals surface area contributed by atoms with E-state index in [0.29, 0.717) is 16.7 Å². The first-order valence-electron chi connectivity index (χ1n) is 3.69. The zero-order valence-electron chi connectivity index (χ0n) is 6.55. The van der Waals surface area contributed by atoms with Crippen LogP contribution in [0, 0.1) is 5.82 Å². The molecule has 0 saturated heterocycles. The molecule has 0 fully saturated rings. The third-order valence-electron chi connectivity index (χ3n) is 1.74. The van der Waals surface area contributed by atoms with Gasteiger partial charge in [0.05, 0.1) is 5.02 Å².